The number of aromatic amines is 1. The number of aromatic nitrogens is 2. The minimum absolute atomic E-state index is 0.566. The van der Waals surface area contributed by atoms with Gasteiger partial charge in [0.15, 0.2) is 0 Å². The third-order valence-corrected chi connectivity index (χ3v) is 3.63. The standard InChI is InChI=1S/C15H19N3O/c1-19-14-7-3-2-6-12(14)13-10-17-15(18-13)9-11-5-4-8-16-11/h2-3,6-7,10-11,16H,4-5,8-9H2,1H3,(H,17,18). The second-order valence-electron chi connectivity index (χ2n) is 4.94. The van der Waals surface area contributed by atoms with Gasteiger partial charge in [-0.3, -0.25) is 0 Å². The molecule has 2 heterocycles. The summed E-state index contributed by atoms with van der Waals surface area (Å²) in [5.41, 5.74) is 2.08. The summed E-state index contributed by atoms with van der Waals surface area (Å²) in [5.74, 6) is 1.91. The lowest BCUT2D eigenvalue weighted by molar-refractivity contribution is 0.416. The van der Waals surface area contributed by atoms with Gasteiger partial charge in [-0.05, 0) is 31.5 Å². The van der Waals surface area contributed by atoms with Crippen molar-refractivity contribution in [3.8, 4) is 17.0 Å². The zero-order valence-electron chi connectivity index (χ0n) is 11.1. The van der Waals surface area contributed by atoms with E-state index in [1.54, 1.807) is 7.11 Å². The first-order chi connectivity index (χ1) is 9.36. The number of methoxy groups -OCH3 is 1. The average Bonchev–Trinajstić information content (AvgIpc) is 3.11. The second kappa shape index (κ2) is 5.45. The summed E-state index contributed by atoms with van der Waals surface area (Å²) in [6, 6.07) is 8.56. The van der Waals surface area contributed by atoms with Crippen molar-refractivity contribution >= 4 is 0 Å². The second-order valence-corrected chi connectivity index (χ2v) is 4.94. The lowest BCUT2D eigenvalue weighted by atomic mass is 10.1. The number of imidazole rings is 1. The molecule has 2 N–H and O–H groups in total. The van der Waals surface area contributed by atoms with Crippen LogP contribution in [0, 0.1) is 0 Å². The van der Waals surface area contributed by atoms with Gasteiger partial charge in [0.1, 0.15) is 11.6 Å². The van der Waals surface area contributed by atoms with E-state index in [0.717, 1.165) is 35.8 Å². The molecule has 1 saturated heterocycles. The van der Waals surface area contributed by atoms with Crippen LogP contribution in [0.15, 0.2) is 30.5 Å². The van der Waals surface area contributed by atoms with Crippen LogP contribution in [0.25, 0.3) is 11.3 Å². The van der Waals surface area contributed by atoms with Gasteiger partial charge in [-0.2, -0.15) is 0 Å². The SMILES string of the molecule is COc1ccccc1-c1cnc(CC2CCCN2)[nH]1. The molecular formula is C15H19N3O. The predicted molar refractivity (Wildman–Crippen MR) is 75.3 cm³/mol. The molecule has 100 valence electrons. The zero-order valence-corrected chi connectivity index (χ0v) is 11.1. The molecule has 4 nitrogen and oxygen atoms in total. The van der Waals surface area contributed by atoms with Crippen LogP contribution in [-0.2, 0) is 6.42 Å². The number of hydrogen-bond acceptors (Lipinski definition) is 3. The van der Waals surface area contributed by atoms with E-state index in [-0.39, 0.29) is 0 Å². The molecule has 4 heteroatoms. The van der Waals surface area contributed by atoms with E-state index in [2.05, 4.69) is 15.3 Å². The number of nitrogens with one attached hydrogen (secondary N) is 2. The summed E-state index contributed by atoms with van der Waals surface area (Å²) in [4.78, 5) is 7.88. The molecular weight excluding hydrogens is 238 g/mol. The first-order valence-electron chi connectivity index (χ1n) is 6.77. The maximum atomic E-state index is 5.38. The van der Waals surface area contributed by atoms with Crippen LogP contribution in [0.5, 0.6) is 5.75 Å². The quantitative estimate of drug-likeness (QED) is 0.884. The van der Waals surface area contributed by atoms with Crippen LogP contribution in [0.4, 0.5) is 0 Å². The molecule has 1 aromatic carbocycles. The molecule has 0 amide bonds. The normalized spacial score (nSPS) is 18.7. The first kappa shape index (κ1) is 12.2. The summed E-state index contributed by atoms with van der Waals surface area (Å²) >= 11 is 0. The number of rotatable bonds is 4. The Labute approximate surface area is 113 Å². The Balaban J connectivity index is 1.80. The van der Waals surface area contributed by atoms with Gasteiger partial charge in [-0.25, -0.2) is 4.98 Å². The largest absolute Gasteiger partial charge is 0.496 e. The molecule has 0 spiro atoms. The average molecular weight is 257 g/mol. The van der Waals surface area contributed by atoms with Gasteiger partial charge in [-0.15, -0.1) is 0 Å². The van der Waals surface area contributed by atoms with Crippen LogP contribution < -0.4 is 10.1 Å². The third-order valence-electron chi connectivity index (χ3n) is 3.63. The molecule has 19 heavy (non-hydrogen) atoms. The van der Waals surface area contributed by atoms with E-state index in [1.165, 1.54) is 12.8 Å². The predicted octanol–water partition coefficient (Wildman–Crippen LogP) is 2.38. The summed E-state index contributed by atoms with van der Waals surface area (Å²) in [6.07, 6.45) is 5.37. The van der Waals surface area contributed by atoms with Crippen LogP contribution in [-0.4, -0.2) is 29.7 Å². The fourth-order valence-electron chi connectivity index (χ4n) is 2.63. The number of H-pyrrole nitrogens is 1. The summed E-state index contributed by atoms with van der Waals surface area (Å²) in [5, 5.41) is 3.49. The highest BCUT2D eigenvalue weighted by molar-refractivity contribution is 5.66. The minimum atomic E-state index is 0.566. The highest BCUT2D eigenvalue weighted by atomic mass is 16.5. The Morgan fingerprint density at radius 1 is 1.37 bits per heavy atom. The number of ether oxygens (including phenoxy) is 1. The van der Waals surface area contributed by atoms with Gasteiger partial charge in [-0.1, -0.05) is 12.1 Å². The molecule has 1 unspecified atom stereocenters. The molecule has 1 aliphatic rings. The van der Waals surface area contributed by atoms with Crippen molar-refractivity contribution in [3.63, 3.8) is 0 Å². The molecule has 1 atom stereocenters. The maximum Gasteiger partial charge on any atom is 0.128 e. The Kier molecular flexibility index (Phi) is 3.51. The molecule has 3 rings (SSSR count). The molecule has 0 radical (unpaired) electrons. The smallest absolute Gasteiger partial charge is 0.128 e. The molecule has 0 aliphatic carbocycles. The lowest BCUT2D eigenvalue weighted by Gasteiger charge is -2.07. The highest BCUT2D eigenvalue weighted by Gasteiger charge is 2.16. The first-order valence-corrected chi connectivity index (χ1v) is 6.77. The third kappa shape index (κ3) is 2.63. The fraction of sp³-hybridized carbons (Fsp3) is 0.400. The van der Waals surface area contributed by atoms with Crippen LogP contribution in [0.3, 0.4) is 0 Å². The zero-order chi connectivity index (χ0) is 13.1. The van der Waals surface area contributed by atoms with Gasteiger partial charge in [0.25, 0.3) is 0 Å². The fourth-order valence-corrected chi connectivity index (χ4v) is 2.63. The van der Waals surface area contributed by atoms with Crippen molar-refractivity contribution in [2.45, 2.75) is 25.3 Å². The van der Waals surface area contributed by atoms with Crippen LogP contribution in [0.1, 0.15) is 18.7 Å². The monoisotopic (exact) mass is 257 g/mol. The van der Waals surface area contributed by atoms with Crippen molar-refractivity contribution in [2.75, 3.05) is 13.7 Å². The molecule has 0 bridgehead atoms. The van der Waals surface area contributed by atoms with Crippen LogP contribution >= 0.6 is 0 Å². The van der Waals surface area contributed by atoms with Crippen molar-refractivity contribution in [1.29, 1.82) is 0 Å². The van der Waals surface area contributed by atoms with Crippen molar-refractivity contribution < 1.29 is 4.74 Å². The Morgan fingerprint density at radius 2 is 2.26 bits per heavy atom. The van der Waals surface area contributed by atoms with Crippen molar-refractivity contribution in [1.82, 2.24) is 15.3 Å². The number of hydrogen-bond donors (Lipinski definition) is 2. The summed E-state index contributed by atoms with van der Waals surface area (Å²) in [7, 11) is 1.69. The van der Waals surface area contributed by atoms with Gasteiger partial charge in [0.05, 0.1) is 19.0 Å². The highest BCUT2D eigenvalue weighted by Crippen LogP contribution is 2.28. The van der Waals surface area contributed by atoms with Gasteiger partial charge < -0.3 is 15.0 Å². The molecule has 1 aromatic heterocycles. The summed E-state index contributed by atoms with van der Waals surface area (Å²) in [6.45, 7) is 1.13. The Bertz CT molecular complexity index is 544. The van der Waals surface area contributed by atoms with Gasteiger partial charge in [0.2, 0.25) is 0 Å². The number of benzene rings is 1. The van der Waals surface area contributed by atoms with E-state index >= 15 is 0 Å². The van der Waals surface area contributed by atoms with Gasteiger partial charge in [0, 0.05) is 18.0 Å². The van der Waals surface area contributed by atoms with Crippen LogP contribution in [0.2, 0.25) is 0 Å². The van der Waals surface area contributed by atoms with E-state index in [1.807, 2.05) is 30.5 Å². The molecule has 1 aliphatic heterocycles. The lowest BCUT2D eigenvalue weighted by Crippen LogP contribution is -2.24. The Hall–Kier alpha value is -1.81. The van der Waals surface area contributed by atoms with E-state index in [4.69, 9.17) is 4.74 Å². The molecule has 1 fully saturated rings. The van der Waals surface area contributed by atoms with E-state index in [9.17, 15) is 0 Å². The number of nitrogens with zero attached hydrogens (tertiary/aromatic N) is 1. The van der Waals surface area contributed by atoms with Gasteiger partial charge >= 0.3 is 0 Å². The van der Waals surface area contributed by atoms with E-state index in [0.29, 0.717) is 6.04 Å². The minimum Gasteiger partial charge on any atom is -0.496 e. The molecule has 0 saturated carbocycles. The topological polar surface area (TPSA) is 49.9 Å². The molecule has 2 aromatic rings. The van der Waals surface area contributed by atoms with Crippen molar-refractivity contribution in [3.05, 3.63) is 36.3 Å². The Morgan fingerprint density at radius 3 is 3.05 bits per heavy atom. The van der Waals surface area contributed by atoms with Crippen molar-refractivity contribution in [2.24, 2.45) is 0 Å². The van der Waals surface area contributed by atoms with E-state index < -0.39 is 0 Å². The number of para-hydroxylation sites is 1. The maximum absolute atomic E-state index is 5.38. The summed E-state index contributed by atoms with van der Waals surface area (Å²) < 4.78 is 5.38.